The SMILES string of the molecule is Cc1ccc2cccnc2c1S(=O)(=O)N1CCC[C@@H](C(N)=O)C1. The van der Waals surface area contributed by atoms with Crippen LogP contribution in [0.5, 0.6) is 0 Å². The number of rotatable bonds is 3. The molecular weight excluding hydrogens is 314 g/mol. The second-order valence-electron chi connectivity index (χ2n) is 5.89. The van der Waals surface area contributed by atoms with E-state index in [4.69, 9.17) is 5.73 Å². The second kappa shape index (κ2) is 5.90. The number of hydrogen-bond acceptors (Lipinski definition) is 4. The number of primary amides is 1. The molecule has 1 fully saturated rings. The zero-order chi connectivity index (χ0) is 16.6. The van der Waals surface area contributed by atoms with Gasteiger partial charge >= 0.3 is 0 Å². The average molecular weight is 333 g/mol. The fraction of sp³-hybridized carbons (Fsp3) is 0.375. The third-order valence-electron chi connectivity index (χ3n) is 4.31. The van der Waals surface area contributed by atoms with Gasteiger partial charge in [-0.3, -0.25) is 9.78 Å². The van der Waals surface area contributed by atoms with Crippen LogP contribution < -0.4 is 5.73 Å². The molecule has 0 unspecified atom stereocenters. The number of nitrogens with two attached hydrogens (primary N) is 1. The van der Waals surface area contributed by atoms with Crippen LogP contribution in [0.15, 0.2) is 35.4 Å². The number of nitrogens with zero attached hydrogens (tertiary/aromatic N) is 2. The lowest BCUT2D eigenvalue weighted by molar-refractivity contribution is -0.122. The monoisotopic (exact) mass is 333 g/mol. The number of benzene rings is 1. The van der Waals surface area contributed by atoms with Crippen molar-refractivity contribution in [3.8, 4) is 0 Å². The van der Waals surface area contributed by atoms with E-state index in [9.17, 15) is 13.2 Å². The molecule has 2 N–H and O–H groups in total. The third-order valence-corrected chi connectivity index (χ3v) is 6.35. The number of fused-ring (bicyclic) bond motifs is 1. The van der Waals surface area contributed by atoms with Crippen LogP contribution in [-0.4, -0.2) is 36.7 Å². The number of amides is 1. The fourth-order valence-electron chi connectivity index (χ4n) is 3.07. The van der Waals surface area contributed by atoms with Gasteiger partial charge in [-0.25, -0.2) is 8.42 Å². The predicted molar refractivity (Wildman–Crippen MR) is 87.2 cm³/mol. The topological polar surface area (TPSA) is 93.4 Å². The second-order valence-corrected chi connectivity index (χ2v) is 7.77. The van der Waals surface area contributed by atoms with Crippen molar-refractivity contribution in [1.82, 2.24) is 9.29 Å². The molecule has 1 saturated heterocycles. The van der Waals surface area contributed by atoms with Crippen LogP contribution >= 0.6 is 0 Å². The summed E-state index contributed by atoms with van der Waals surface area (Å²) in [6, 6.07) is 7.26. The molecule has 7 heteroatoms. The molecule has 0 aliphatic carbocycles. The molecule has 1 aromatic heterocycles. The maximum Gasteiger partial charge on any atom is 0.245 e. The lowest BCUT2D eigenvalue weighted by atomic mass is 9.99. The standard InChI is InChI=1S/C16H19N3O3S/c1-11-6-7-12-4-2-8-18-14(12)15(11)23(21,22)19-9-3-5-13(10-19)16(17)20/h2,4,6-8,13H,3,5,9-10H2,1H3,(H2,17,20)/t13-/m1/s1. The Morgan fingerprint density at radius 2 is 2.13 bits per heavy atom. The summed E-state index contributed by atoms with van der Waals surface area (Å²) in [5, 5.41) is 0.778. The first-order valence-corrected chi connectivity index (χ1v) is 8.99. The molecule has 1 aliphatic rings. The van der Waals surface area contributed by atoms with E-state index >= 15 is 0 Å². The molecule has 1 atom stereocenters. The summed E-state index contributed by atoms with van der Waals surface area (Å²) in [4.78, 5) is 15.9. The Hall–Kier alpha value is -1.99. The van der Waals surface area contributed by atoms with Crippen molar-refractivity contribution in [2.24, 2.45) is 11.7 Å². The van der Waals surface area contributed by atoms with Crippen molar-refractivity contribution >= 4 is 26.8 Å². The highest BCUT2D eigenvalue weighted by Gasteiger charge is 2.34. The number of hydrogen-bond donors (Lipinski definition) is 1. The van der Waals surface area contributed by atoms with Gasteiger partial charge in [0.2, 0.25) is 15.9 Å². The van der Waals surface area contributed by atoms with Gasteiger partial charge in [-0.15, -0.1) is 0 Å². The Labute approximate surface area is 135 Å². The normalized spacial score (nSPS) is 19.8. The molecule has 2 aromatic rings. The summed E-state index contributed by atoms with van der Waals surface area (Å²) in [6.07, 6.45) is 2.85. The molecule has 0 radical (unpaired) electrons. The molecule has 122 valence electrons. The summed E-state index contributed by atoms with van der Waals surface area (Å²) in [7, 11) is -3.72. The number of aromatic nitrogens is 1. The van der Waals surface area contributed by atoms with E-state index in [-0.39, 0.29) is 11.4 Å². The van der Waals surface area contributed by atoms with Gasteiger partial charge in [0.25, 0.3) is 0 Å². The Kier molecular flexibility index (Phi) is 4.08. The minimum Gasteiger partial charge on any atom is -0.369 e. The largest absolute Gasteiger partial charge is 0.369 e. The summed E-state index contributed by atoms with van der Waals surface area (Å²) in [5.41, 5.74) is 6.48. The van der Waals surface area contributed by atoms with Crippen LogP contribution in [0, 0.1) is 12.8 Å². The molecule has 1 aromatic carbocycles. The van der Waals surface area contributed by atoms with E-state index in [1.54, 1.807) is 25.3 Å². The van der Waals surface area contributed by atoms with Crippen LogP contribution in [0.1, 0.15) is 18.4 Å². The van der Waals surface area contributed by atoms with E-state index in [0.717, 1.165) is 5.39 Å². The zero-order valence-corrected chi connectivity index (χ0v) is 13.7. The molecule has 6 nitrogen and oxygen atoms in total. The Bertz CT molecular complexity index is 864. The number of pyridine rings is 1. The van der Waals surface area contributed by atoms with Crippen LogP contribution in [0.4, 0.5) is 0 Å². The number of carbonyl (C=O) groups is 1. The minimum absolute atomic E-state index is 0.139. The van der Waals surface area contributed by atoms with Crippen molar-refractivity contribution in [2.45, 2.75) is 24.7 Å². The molecule has 0 saturated carbocycles. The summed E-state index contributed by atoms with van der Waals surface area (Å²) < 4.78 is 27.6. The number of carbonyl (C=O) groups excluding carboxylic acids is 1. The quantitative estimate of drug-likeness (QED) is 0.919. The van der Waals surface area contributed by atoms with Crippen LogP contribution in [0.25, 0.3) is 10.9 Å². The summed E-state index contributed by atoms with van der Waals surface area (Å²) in [5.74, 6) is -0.876. The van der Waals surface area contributed by atoms with E-state index in [2.05, 4.69) is 4.98 Å². The van der Waals surface area contributed by atoms with Crippen LogP contribution in [0.2, 0.25) is 0 Å². The predicted octanol–water partition coefficient (Wildman–Crippen LogP) is 1.43. The minimum atomic E-state index is -3.72. The molecule has 1 aliphatic heterocycles. The van der Waals surface area contributed by atoms with Crippen molar-refractivity contribution in [1.29, 1.82) is 0 Å². The highest BCUT2D eigenvalue weighted by Crippen LogP contribution is 2.30. The molecule has 1 amide bonds. The summed E-state index contributed by atoms with van der Waals surface area (Å²) in [6.45, 7) is 2.30. The Morgan fingerprint density at radius 3 is 2.87 bits per heavy atom. The first-order chi connectivity index (χ1) is 10.9. The van der Waals surface area contributed by atoms with Gasteiger partial charge in [-0.2, -0.15) is 4.31 Å². The van der Waals surface area contributed by atoms with Crippen molar-refractivity contribution < 1.29 is 13.2 Å². The van der Waals surface area contributed by atoms with Gasteiger partial charge in [-0.05, 0) is 31.4 Å². The van der Waals surface area contributed by atoms with Crippen molar-refractivity contribution in [2.75, 3.05) is 13.1 Å². The van der Waals surface area contributed by atoms with E-state index in [1.807, 2.05) is 12.1 Å². The molecule has 2 heterocycles. The smallest absolute Gasteiger partial charge is 0.245 e. The maximum atomic E-state index is 13.1. The number of sulfonamides is 1. The maximum absolute atomic E-state index is 13.1. The zero-order valence-electron chi connectivity index (χ0n) is 12.9. The lowest BCUT2D eigenvalue weighted by Crippen LogP contribution is -2.44. The third kappa shape index (κ3) is 2.82. The van der Waals surface area contributed by atoms with Crippen LogP contribution in [0.3, 0.4) is 0 Å². The molecule has 3 rings (SSSR count). The van der Waals surface area contributed by atoms with Gasteiger partial charge in [0.05, 0.1) is 11.4 Å². The first kappa shape index (κ1) is 15.9. The Balaban J connectivity index is 2.10. The van der Waals surface area contributed by atoms with Crippen molar-refractivity contribution in [3.05, 3.63) is 36.0 Å². The van der Waals surface area contributed by atoms with Gasteiger partial charge in [0.15, 0.2) is 0 Å². The average Bonchev–Trinajstić information content (AvgIpc) is 2.54. The number of piperidine rings is 1. The van der Waals surface area contributed by atoms with Gasteiger partial charge in [0, 0.05) is 24.7 Å². The first-order valence-electron chi connectivity index (χ1n) is 7.55. The fourth-order valence-corrected chi connectivity index (χ4v) is 4.96. The van der Waals surface area contributed by atoms with Crippen LogP contribution in [-0.2, 0) is 14.8 Å². The highest BCUT2D eigenvalue weighted by atomic mass is 32.2. The molecule has 0 spiro atoms. The van der Waals surface area contributed by atoms with E-state index < -0.39 is 21.8 Å². The van der Waals surface area contributed by atoms with Gasteiger partial charge < -0.3 is 5.73 Å². The molecule has 23 heavy (non-hydrogen) atoms. The van der Waals surface area contributed by atoms with Gasteiger partial charge in [0.1, 0.15) is 4.90 Å². The highest BCUT2D eigenvalue weighted by molar-refractivity contribution is 7.89. The lowest BCUT2D eigenvalue weighted by Gasteiger charge is -2.31. The summed E-state index contributed by atoms with van der Waals surface area (Å²) >= 11 is 0. The van der Waals surface area contributed by atoms with E-state index in [0.29, 0.717) is 30.5 Å². The van der Waals surface area contributed by atoms with Gasteiger partial charge in [-0.1, -0.05) is 18.2 Å². The molecule has 0 bridgehead atoms. The Morgan fingerprint density at radius 1 is 1.35 bits per heavy atom. The molecular formula is C16H19N3O3S. The van der Waals surface area contributed by atoms with E-state index in [1.165, 1.54) is 4.31 Å². The number of aryl methyl sites for hydroxylation is 1. The van der Waals surface area contributed by atoms with Crippen molar-refractivity contribution in [3.63, 3.8) is 0 Å².